The number of methoxy groups -OCH3 is 1. The van der Waals surface area contributed by atoms with E-state index in [1.165, 1.54) is 12.7 Å². The van der Waals surface area contributed by atoms with E-state index >= 15 is 0 Å². The molecule has 3 aliphatic heterocycles. The summed E-state index contributed by atoms with van der Waals surface area (Å²) >= 11 is 0. The van der Waals surface area contributed by atoms with Crippen LogP contribution in [-0.4, -0.2) is 40.7 Å². The fraction of sp³-hybridized carbons (Fsp3) is 0.591. The number of benzene rings is 1. The van der Waals surface area contributed by atoms with E-state index in [9.17, 15) is 9.90 Å². The molecular weight excluding hydrogens is 340 g/mol. The number of hydrogen-bond acceptors (Lipinski definition) is 4. The van der Waals surface area contributed by atoms with Gasteiger partial charge in [0.25, 0.3) is 0 Å². The van der Waals surface area contributed by atoms with Crippen molar-refractivity contribution < 1.29 is 14.6 Å². The summed E-state index contributed by atoms with van der Waals surface area (Å²) in [6.45, 7) is 6.67. The Kier molecular flexibility index (Phi) is 3.43. The summed E-state index contributed by atoms with van der Waals surface area (Å²) in [6, 6.07) is 8.18. The largest absolute Gasteiger partial charge is 0.465 e. The molecule has 5 heteroatoms. The Morgan fingerprint density at radius 1 is 1.30 bits per heavy atom. The third-order valence-electron chi connectivity index (χ3n) is 7.96. The lowest BCUT2D eigenvalue weighted by molar-refractivity contribution is -0.207. The standard InChI is InChI=1S/C22H28N2O3/c1-4-21-11-7-12-23-13-10-16-15-8-5-6-9-17(15)24(18(16)20(21,23)2)22(26,14-21)19(25)27-3/h5-6,8-9,26H,4,7,10-14H2,1-3H3/t20-,21+,22+/m0/s1. The summed E-state index contributed by atoms with van der Waals surface area (Å²) in [4.78, 5) is 15.5. The number of aliphatic hydroxyl groups is 1. The molecule has 1 N–H and O–H groups in total. The van der Waals surface area contributed by atoms with Crippen LogP contribution >= 0.6 is 0 Å². The molecule has 2 aromatic rings. The van der Waals surface area contributed by atoms with E-state index in [0.29, 0.717) is 6.42 Å². The van der Waals surface area contributed by atoms with Crippen molar-refractivity contribution in [2.75, 3.05) is 20.2 Å². The quantitative estimate of drug-likeness (QED) is 0.828. The van der Waals surface area contributed by atoms with Gasteiger partial charge in [0.2, 0.25) is 5.72 Å². The fourth-order valence-electron chi connectivity index (χ4n) is 6.63. The van der Waals surface area contributed by atoms with Gasteiger partial charge in [-0.05, 0) is 56.2 Å². The molecule has 0 radical (unpaired) electrons. The Labute approximate surface area is 159 Å². The van der Waals surface area contributed by atoms with Gasteiger partial charge >= 0.3 is 5.97 Å². The molecule has 0 bridgehead atoms. The molecule has 27 heavy (non-hydrogen) atoms. The highest BCUT2D eigenvalue weighted by Crippen LogP contribution is 2.63. The number of nitrogens with zero attached hydrogens (tertiary/aromatic N) is 2. The number of rotatable bonds is 2. The molecule has 5 nitrogen and oxygen atoms in total. The Balaban J connectivity index is 1.95. The van der Waals surface area contributed by atoms with Crippen molar-refractivity contribution in [3.8, 4) is 0 Å². The number of ether oxygens (including phenoxy) is 1. The smallest absolute Gasteiger partial charge is 0.359 e. The van der Waals surface area contributed by atoms with E-state index in [-0.39, 0.29) is 11.0 Å². The SMILES string of the molecule is CC[C@@]12CCCN3CCc4c(n(c5ccccc45)[C@](O)(C(=O)OC)C1)[C@]32C. The van der Waals surface area contributed by atoms with Gasteiger partial charge in [-0.1, -0.05) is 25.1 Å². The summed E-state index contributed by atoms with van der Waals surface area (Å²) < 4.78 is 7.06. The predicted octanol–water partition coefficient (Wildman–Crippen LogP) is 3.13. The van der Waals surface area contributed by atoms with Gasteiger partial charge in [-0.3, -0.25) is 4.90 Å². The van der Waals surface area contributed by atoms with Gasteiger partial charge < -0.3 is 14.4 Å². The number of esters is 1. The highest BCUT2D eigenvalue weighted by atomic mass is 16.5. The zero-order valence-electron chi connectivity index (χ0n) is 16.4. The van der Waals surface area contributed by atoms with Crippen LogP contribution in [0.25, 0.3) is 10.9 Å². The van der Waals surface area contributed by atoms with Crippen LogP contribution in [0.5, 0.6) is 0 Å². The summed E-state index contributed by atoms with van der Waals surface area (Å²) in [5, 5.41) is 13.0. The van der Waals surface area contributed by atoms with E-state index in [2.05, 4.69) is 24.8 Å². The number of carbonyl (C=O) groups is 1. The molecule has 1 fully saturated rings. The van der Waals surface area contributed by atoms with Crippen LogP contribution in [0.4, 0.5) is 0 Å². The Morgan fingerprint density at radius 2 is 2.07 bits per heavy atom. The lowest BCUT2D eigenvalue weighted by atomic mass is 9.55. The van der Waals surface area contributed by atoms with Gasteiger partial charge in [0.15, 0.2) is 0 Å². The molecular formula is C22H28N2O3. The molecule has 0 amide bonds. The minimum atomic E-state index is -1.65. The maximum atomic E-state index is 12.9. The van der Waals surface area contributed by atoms with Crippen LogP contribution in [0.2, 0.25) is 0 Å². The van der Waals surface area contributed by atoms with Gasteiger partial charge in [0, 0.05) is 24.0 Å². The minimum Gasteiger partial charge on any atom is -0.465 e. The maximum Gasteiger partial charge on any atom is 0.359 e. The topological polar surface area (TPSA) is 54.7 Å². The summed E-state index contributed by atoms with van der Waals surface area (Å²) in [6.07, 6.45) is 4.42. The number of fused-ring (bicyclic) bond motifs is 3. The first-order chi connectivity index (χ1) is 12.9. The van der Waals surface area contributed by atoms with Crippen molar-refractivity contribution in [2.45, 2.75) is 57.2 Å². The van der Waals surface area contributed by atoms with Crippen molar-refractivity contribution in [1.29, 1.82) is 0 Å². The zero-order chi connectivity index (χ0) is 19.0. The number of carbonyl (C=O) groups excluding carboxylic acids is 1. The van der Waals surface area contributed by atoms with E-state index in [1.807, 2.05) is 22.8 Å². The first-order valence-corrected chi connectivity index (χ1v) is 10.1. The molecule has 1 saturated heterocycles. The second kappa shape index (κ2) is 5.36. The molecule has 4 heterocycles. The summed E-state index contributed by atoms with van der Waals surface area (Å²) in [5.74, 6) is -0.552. The van der Waals surface area contributed by atoms with Crippen molar-refractivity contribution in [3.05, 3.63) is 35.5 Å². The number of hydrogen-bond donors (Lipinski definition) is 1. The van der Waals surface area contributed by atoms with Crippen LogP contribution in [0.3, 0.4) is 0 Å². The van der Waals surface area contributed by atoms with E-state index in [0.717, 1.165) is 55.4 Å². The fourth-order valence-corrected chi connectivity index (χ4v) is 6.63. The first kappa shape index (κ1) is 17.3. The van der Waals surface area contributed by atoms with Gasteiger partial charge in [-0.15, -0.1) is 0 Å². The number of para-hydroxylation sites is 1. The molecule has 1 aromatic heterocycles. The first-order valence-electron chi connectivity index (χ1n) is 10.1. The average molecular weight is 368 g/mol. The zero-order valence-corrected chi connectivity index (χ0v) is 16.4. The molecule has 0 saturated carbocycles. The number of piperidine rings is 1. The third kappa shape index (κ3) is 1.80. The van der Waals surface area contributed by atoms with E-state index in [1.54, 1.807) is 0 Å². The van der Waals surface area contributed by atoms with Gasteiger partial charge in [0.1, 0.15) is 0 Å². The van der Waals surface area contributed by atoms with Crippen molar-refractivity contribution in [3.63, 3.8) is 0 Å². The van der Waals surface area contributed by atoms with Gasteiger partial charge in [-0.2, -0.15) is 0 Å². The Bertz CT molecular complexity index is 950. The van der Waals surface area contributed by atoms with Gasteiger partial charge in [0.05, 0.1) is 18.2 Å². The molecule has 3 aliphatic rings. The monoisotopic (exact) mass is 368 g/mol. The van der Waals surface area contributed by atoms with Gasteiger partial charge in [-0.25, -0.2) is 4.79 Å². The van der Waals surface area contributed by atoms with Crippen LogP contribution in [0, 0.1) is 5.41 Å². The lowest BCUT2D eigenvalue weighted by Crippen LogP contribution is -2.68. The molecule has 5 rings (SSSR count). The molecule has 3 atom stereocenters. The normalized spacial score (nSPS) is 35.1. The molecule has 144 valence electrons. The highest BCUT2D eigenvalue weighted by Gasteiger charge is 2.66. The molecule has 0 unspecified atom stereocenters. The Morgan fingerprint density at radius 3 is 2.81 bits per heavy atom. The van der Waals surface area contributed by atoms with Crippen LogP contribution in [0.15, 0.2) is 24.3 Å². The van der Waals surface area contributed by atoms with Crippen molar-refractivity contribution >= 4 is 16.9 Å². The number of aromatic nitrogens is 1. The predicted molar refractivity (Wildman–Crippen MR) is 103 cm³/mol. The summed E-state index contributed by atoms with van der Waals surface area (Å²) in [5.41, 5.74) is 1.40. The van der Waals surface area contributed by atoms with Crippen molar-refractivity contribution in [2.24, 2.45) is 5.41 Å². The second-order valence-corrected chi connectivity index (χ2v) is 8.71. The summed E-state index contributed by atoms with van der Waals surface area (Å²) in [7, 11) is 1.37. The molecule has 0 aliphatic carbocycles. The Hall–Kier alpha value is -1.85. The minimum absolute atomic E-state index is 0.145. The van der Waals surface area contributed by atoms with E-state index < -0.39 is 11.7 Å². The lowest BCUT2D eigenvalue weighted by Gasteiger charge is -2.64. The van der Waals surface area contributed by atoms with Crippen molar-refractivity contribution in [1.82, 2.24) is 9.47 Å². The van der Waals surface area contributed by atoms with Crippen LogP contribution in [0.1, 0.15) is 50.8 Å². The molecule has 0 spiro atoms. The average Bonchev–Trinajstić information content (AvgIpc) is 3.04. The van der Waals surface area contributed by atoms with E-state index in [4.69, 9.17) is 4.74 Å². The third-order valence-corrected chi connectivity index (χ3v) is 7.96. The van der Waals surface area contributed by atoms with Crippen LogP contribution < -0.4 is 0 Å². The molecule has 1 aromatic carbocycles. The maximum absolute atomic E-state index is 12.9. The highest BCUT2D eigenvalue weighted by molar-refractivity contribution is 5.90. The van der Waals surface area contributed by atoms with Crippen LogP contribution in [-0.2, 0) is 27.2 Å². The second-order valence-electron chi connectivity index (χ2n) is 8.71.